The molecule has 0 unspecified atom stereocenters. The van der Waals surface area contributed by atoms with Crippen molar-refractivity contribution in [2.75, 3.05) is 0 Å². The fourth-order valence-corrected chi connectivity index (χ4v) is 0. The third kappa shape index (κ3) is 22.5. The van der Waals surface area contributed by atoms with E-state index < -0.39 is 0 Å². The molecule has 0 fully saturated rings. The molecule has 0 bridgehead atoms. The van der Waals surface area contributed by atoms with Crippen LogP contribution in [0.3, 0.4) is 0 Å². The Morgan fingerprint density at radius 1 is 0.800 bits per heavy atom. The van der Waals surface area contributed by atoms with Gasteiger partial charge in [-0.25, -0.2) is 0 Å². The van der Waals surface area contributed by atoms with Crippen LogP contribution in [0.2, 0.25) is 0 Å². The van der Waals surface area contributed by atoms with Gasteiger partial charge < -0.3 is 11.0 Å². The Bertz CT molecular complexity index is 9.61. The quantitative estimate of drug-likeness (QED) is 0.512. The van der Waals surface area contributed by atoms with Gasteiger partial charge in [-0.05, 0) is 0 Å². The summed E-state index contributed by atoms with van der Waals surface area (Å²) in [6.45, 7) is 0. The van der Waals surface area contributed by atoms with Crippen molar-refractivity contribution in [3.63, 3.8) is 0 Å². The van der Waals surface area contributed by atoms with Crippen molar-refractivity contribution in [3.05, 3.63) is 0 Å². The molecule has 16 valence electrons. The number of hydrogen-bond acceptors (Lipinski definition) is 0. The molecule has 5 heteroatoms. The number of hydrogen-bond donors (Lipinski definition) is 0. The molecule has 0 aromatic rings. The molecule has 0 rings (SSSR count). The number of rotatable bonds is 0. The maximum atomic E-state index is 0. The molecule has 0 amide bonds. The second kappa shape index (κ2) is 34.5. The summed E-state index contributed by atoms with van der Waals surface area (Å²) in [4.78, 5) is 0. The summed E-state index contributed by atoms with van der Waals surface area (Å²) in [7, 11) is 0. The van der Waals surface area contributed by atoms with Gasteiger partial charge in [0.2, 0.25) is 0 Å². The average Bonchev–Trinajstić information content (AvgIpc) is 0. The Morgan fingerprint density at radius 2 is 0.800 bits per heavy atom. The molecule has 0 spiro atoms. The first-order valence-corrected chi connectivity index (χ1v) is 0. The summed E-state index contributed by atoms with van der Waals surface area (Å²) in [6.07, 6.45) is 0. The predicted octanol–water partition coefficient (Wildman–Crippen LogP) is -1.00. The van der Waals surface area contributed by atoms with Gasteiger partial charge in [-0.3, -0.25) is 0 Å². The molecule has 2 nitrogen and oxygen atoms in total. The van der Waals surface area contributed by atoms with Gasteiger partial charge in [0.15, 0.2) is 0 Å². The maximum absolute atomic E-state index is 0. The molecule has 0 aliphatic carbocycles. The average molecular weight is 331 g/mol. The Hall–Kier alpha value is 2.21. The van der Waals surface area contributed by atoms with Crippen molar-refractivity contribution in [2.24, 2.45) is 0 Å². The third-order valence-electron chi connectivity index (χ3n) is 0. The molecular weight excluding hydrogens is 331 g/mol. The van der Waals surface area contributed by atoms with Crippen molar-refractivity contribution in [3.8, 4) is 0 Å². The topological polar surface area (TPSA) is 57.0 Å². The van der Waals surface area contributed by atoms with E-state index in [1.54, 1.807) is 0 Å². The van der Waals surface area contributed by atoms with Gasteiger partial charge in [0, 0.05) is 0 Å². The zero-order valence-electron chi connectivity index (χ0n) is 2.60. The van der Waals surface area contributed by atoms with E-state index in [0.29, 0.717) is 0 Å². The van der Waals surface area contributed by atoms with Crippen molar-refractivity contribution in [1.29, 1.82) is 0 Å². The fraction of sp³-hybridized carbons (Fsp3) is 0. The summed E-state index contributed by atoms with van der Waals surface area (Å²) < 4.78 is 0. The zero-order chi connectivity index (χ0) is 0. The van der Waals surface area contributed by atoms with E-state index in [2.05, 4.69) is 0 Å². The summed E-state index contributed by atoms with van der Waals surface area (Å²) in [5.41, 5.74) is 0. The molecule has 0 aromatic heterocycles. The van der Waals surface area contributed by atoms with Gasteiger partial charge in [-0.2, -0.15) is 0 Å². The van der Waals surface area contributed by atoms with Crippen LogP contribution < -0.4 is 0 Å². The molecule has 0 N–H and O–H groups in total. The van der Waals surface area contributed by atoms with Crippen LogP contribution in [-0.2, 0) is 30.4 Å². The van der Waals surface area contributed by atoms with Crippen LogP contribution in [0, 0.1) is 0 Å². The van der Waals surface area contributed by atoms with E-state index in [1.807, 2.05) is 0 Å². The van der Waals surface area contributed by atoms with Gasteiger partial charge >= 0.3 is 69.2 Å². The minimum Gasteiger partial charge on any atom is -2.00 e. The van der Waals surface area contributed by atoms with Crippen LogP contribution in [0.25, 0.3) is 0 Å². The van der Waals surface area contributed by atoms with Crippen molar-refractivity contribution in [1.82, 2.24) is 0 Å². The zero-order valence-corrected chi connectivity index (χ0v) is 11.7. The molecule has 0 saturated heterocycles. The molecule has 0 atom stereocenters. The summed E-state index contributed by atoms with van der Waals surface area (Å²) in [6, 6.07) is 0. The predicted molar refractivity (Wildman–Crippen MR) is 12.9 cm³/mol. The van der Waals surface area contributed by atoms with E-state index in [9.17, 15) is 0 Å². The van der Waals surface area contributed by atoms with Crippen molar-refractivity contribution < 1.29 is 30.4 Å². The van der Waals surface area contributed by atoms with E-state index in [-0.39, 0.29) is 80.2 Å². The summed E-state index contributed by atoms with van der Waals surface area (Å²) in [5, 5.41) is 0. The van der Waals surface area contributed by atoms with Gasteiger partial charge in [-0.15, -0.1) is 0 Å². The Morgan fingerprint density at radius 3 is 0.800 bits per heavy atom. The largest absolute Gasteiger partial charge is 4.00 e. The van der Waals surface area contributed by atoms with Crippen molar-refractivity contribution in [2.45, 2.75) is 0 Å². The normalized spacial score (nSPS) is 0. The molecular formula is InO2SnZn+5. The minimum absolute atomic E-state index is 0. The Labute approximate surface area is 79.2 Å². The molecule has 0 aromatic carbocycles. The van der Waals surface area contributed by atoms with Crippen LogP contribution in [0.15, 0.2) is 0 Å². The molecule has 0 aliphatic rings. The molecule has 0 saturated carbocycles. The molecule has 0 radical (unpaired) electrons. The molecule has 0 aliphatic heterocycles. The second-order valence-electron chi connectivity index (χ2n) is 0. The van der Waals surface area contributed by atoms with E-state index in [0.717, 1.165) is 0 Å². The summed E-state index contributed by atoms with van der Waals surface area (Å²) >= 11 is 0. The van der Waals surface area contributed by atoms with Crippen LogP contribution in [0.5, 0.6) is 0 Å². The SMILES string of the molecule is [In+3].[O-2].[O-2].[Sn+4].[Zn+2]. The van der Waals surface area contributed by atoms with Crippen molar-refractivity contribution >= 4 is 49.8 Å². The summed E-state index contributed by atoms with van der Waals surface area (Å²) in [5.74, 6) is 0. The van der Waals surface area contributed by atoms with Gasteiger partial charge in [0.25, 0.3) is 0 Å². The van der Waals surface area contributed by atoms with Crippen LogP contribution in [0.1, 0.15) is 0 Å². The standard InChI is InChI=1S/In.2O.Sn.Zn/q+3;2*-2;+4;+2. The first-order chi connectivity index (χ1) is 0. The van der Waals surface area contributed by atoms with Gasteiger partial charge in [0.1, 0.15) is 0 Å². The Balaban J connectivity index is 0. The molecule has 5 heavy (non-hydrogen) atoms. The first-order valence-electron chi connectivity index (χ1n) is 0. The van der Waals surface area contributed by atoms with E-state index in [4.69, 9.17) is 0 Å². The van der Waals surface area contributed by atoms with E-state index >= 15 is 0 Å². The van der Waals surface area contributed by atoms with Gasteiger partial charge in [-0.1, -0.05) is 0 Å². The molecule has 0 heterocycles. The van der Waals surface area contributed by atoms with Crippen LogP contribution in [-0.4, -0.2) is 49.8 Å². The van der Waals surface area contributed by atoms with Crippen LogP contribution >= 0.6 is 0 Å². The maximum Gasteiger partial charge on any atom is 4.00 e. The first kappa shape index (κ1) is 56.9. The second-order valence-corrected chi connectivity index (χ2v) is 0. The Kier molecular flexibility index (Phi) is 392. The van der Waals surface area contributed by atoms with E-state index in [1.165, 1.54) is 0 Å². The third-order valence-corrected chi connectivity index (χ3v) is 0. The van der Waals surface area contributed by atoms with Gasteiger partial charge in [0.05, 0.1) is 0 Å². The fourth-order valence-electron chi connectivity index (χ4n) is 0. The minimum atomic E-state index is 0. The van der Waals surface area contributed by atoms with Crippen LogP contribution in [0.4, 0.5) is 0 Å². The smallest absolute Gasteiger partial charge is 2.00 e. The monoisotopic (exact) mass is 331 g/mol.